The van der Waals surface area contributed by atoms with Crippen molar-refractivity contribution in [3.63, 3.8) is 0 Å². The van der Waals surface area contributed by atoms with Gasteiger partial charge in [-0.1, -0.05) is 19.8 Å². The molecule has 0 fully saturated rings. The summed E-state index contributed by atoms with van der Waals surface area (Å²) in [5.74, 6) is -2.60. The standard InChI is InChI=1S/C19H33N3O7S/c1-4-6-7-8-15(23)21-13(19(27)29-5-2)9-10-16(24)22-14(12-30)18(26)20-11-17(25)28-3/h13-14,30H,4-12H2,1-3H3,(H,20,26)(H,21,23)(H,22,24)/t13-,14-/m0/s1. The predicted molar refractivity (Wildman–Crippen MR) is 113 cm³/mol. The van der Waals surface area contributed by atoms with Crippen molar-refractivity contribution < 1.29 is 33.4 Å². The van der Waals surface area contributed by atoms with Crippen molar-refractivity contribution >= 4 is 42.3 Å². The molecule has 0 aromatic heterocycles. The average Bonchev–Trinajstić information content (AvgIpc) is 2.73. The van der Waals surface area contributed by atoms with Crippen LogP contribution in [-0.4, -0.2) is 67.8 Å². The highest BCUT2D eigenvalue weighted by Gasteiger charge is 2.25. The van der Waals surface area contributed by atoms with Gasteiger partial charge in [-0.25, -0.2) is 4.79 Å². The fraction of sp³-hybridized carbons (Fsp3) is 0.737. The van der Waals surface area contributed by atoms with E-state index in [1.54, 1.807) is 6.92 Å². The van der Waals surface area contributed by atoms with Crippen molar-refractivity contribution in [3.8, 4) is 0 Å². The van der Waals surface area contributed by atoms with Crippen LogP contribution in [0, 0.1) is 0 Å². The molecular formula is C19H33N3O7S. The Morgan fingerprint density at radius 1 is 0.933 bits per heavy atom. The number of amides is 3. The molecular weight excluding hydrogens is 414 g/mol. The largest absolute Gasteiger partial charge is 0.468 e. The van der Waals surface area contributed by atoms with Gasteiger partial charge in [0.15, 0.2) is 0 Å². The van der Waals surface area contributed by atoms with Crippen molar-refractivity contribution in [2.75, 3.05) is 26.0 Å². The number of rotatable bonds is 15. The number of thiol groups is 1. The summed E-state index contributed by atoms with van der Waals surface area (Å²) >= 11 is 4.03. The third kappa shape index (κ3) is 12.3. The molecule has 0 aliphatic heterocycles. The number of methoxy groups -OCH3 is 1. The predicted octanol–water partition coefficient (Wildman–Crippen LogP) is 0.0986. The lowest BCUT2D eigenvalue weighted by atomic mass is 10.1. The molecule has 0 aromatic rings. The van der Waals surface area contributed by atoms with E-state index in [4.69, 9.17) is 4.74 Å². The minimum atomic E-state index is -0.963. The zero-order valence-corrected chi connectivity index (χ0v) is 18.7. The Kier molecular flexibility index (Phi) is 15.2. The minimum absolute atomic E-state index is 0.00815. The molecule has 11 heteroatoms. The van der Waals surface area contributed by atoms with Gasteiger partial charge in [-0.15, -0.1) is 0 Å². The minimum Gasteiger partial charge on any atom is -0.468 e. The molecule has 3 N–H and O–H groups in total. The van der Waals surface area contributed by atoms with Gasteiger partial charge in [0.2, 0.25) is 17.7 Å². The van der Waals surface area contributed by atoms with Crippen molar-refractivity contribution in [3.05, 3.63) is 0 Å². The molecule has 0 radical (unpaired) electrons. The first-order valence-electron chi connectivity index (χ1n) is 9.99. The molecule has 0 heterocycles. The van der Waals surface area contributed by atoms with Gasteiger partial charge in [-0.05, 0) is 19.8 Å². The molecule has 0 aromatic carbocycles. The monoisotopic (exact) mass is 447 g/mol. The Balaban J connectivity index is 4.69. The quantitative estimate of drug-likeness (QED) is 0.159. The van der Waals surface area contributed by atoms with Crippen molar-refractivity contribution in [1.82, 2.24) is 16.0 Å². The first-order valence-corrected chi connectivity index (χ1v) is 10.6. The molecule has 0 bridgehead atoms. The number of nitrogens with one attached hydrogen (secondary N) is 3. The molecule has 0 saturated carbocycles. The Bertz CT molecular complexity index is 586. The highest BCUT2D eigenvalue weighted by molar-refractivity contribution is 7.80. The second kappa shape index (κ2) is 16.5. The summed E-state index contributed by atoms with van der Waals surface area (Å²) < 4.78 is 9.39. The van der Waals surface area contributed by atoms with E-state index in [2.05, 4.69) is 33.3 Å². The highest BCUT2D eigenvalue weighted by Crippen LogP contribution is 2.05. The lowest BCUT2D eigenvalue weighted by Crippen LogP contribution is -2.49. The lowest BCUT2D eigenvalue weighted by Gasteiger charge is -2.19. The lowest BCUT2D eigenvalue weighted by molar-refractivity contribution is -0.147. The van der Waals surface area contributed by atoms with Crippen molar-refractivity contribution in [2.45, 2.75) is 64.5 Å². The molecule has 2 atom stereocenters. The first-order chi connectivity index (χ1) is 14.3. The van der Waals surface area contributed by atoms with Crippen molar-refractivity contribution in [2.24, 2.45) is 0 Å². The van der Waals surface area contributed by atoms with E-state index in [9.17, 15) is 24.0 Å². The topological polar surface area (TPSA) is 140 Å². The van der Waals surface area contributed by atoms with E-state index in [-0.39, 0.29) is 44.1 Å². The van der Waals surface area contributed by atoms with Gasteiger partial charge in [0.25, 0.3) is 0 Å². The van der Waals surface area contributed by atoms with E-state index in [1.165, 1.54) is 7.11 Å². The Hall–Kier alpha value is -2.30. The zero-order valence-electron chi connectivity index (χ0n) is 17.8. The van der Waals surface area contributed by atoms with Crippen LogP contribution in [0.5, 0.6) is 0 Å². The summed E-state index contributed by atoms with van der Waals surface area (Å²) in [4.78, 5) is 59.4. The Morgan fingerprint density at radius 2 is 1.57 bits per heavy atom. The number of carbonyl (C=O) groups is 5. The molecule has 0 aliphatic rings. The van der Waals surface area contributed by atoms with E-state index >= 15 is 0 Å². The second-order valence-corrected chi connectivity index (χ2v) is 6.83. The maximum Gasteiger partial charge on any atom is 0.328 e. The van der Waals surface area contributed by atoms with Gasteiger partial charge < -0.3 is 25.4 Å². The normalized spacial score (nSPS) is 12.3. The van der Waals surface area contributed by atoms with Crippen LogP contribution in [0.3, 0.4) is 0 Å². The van der Waals surface area contributed by atoms with Crippen LogP contribution in [0.1, 0.15) is 52.4 Å². The molecule has 0 saturated heterocycles. The molecule has 3 amide bonds. The number of unbranched alkanes of at least 4 members (excludes halogenated alkanes) is 2. The summed E-state index contributed by atoms with van der Waals surface area (Å²) in [5.41, 5.74) is 0. The zero-order chi connectivity index (χ0) is 22.9. The summed E-state index contributed by atoms with van der Waals surface area (Å²) in [6.07, 6.45) is 2.78. The van der Waals surface area contributed by atoms with E-state index in [0.29, 0.717) is 6.42 Å². The number of ether oxygens (including phenoxy) is 2. The van der Waals surface area contributed by atoms with Crippen LogP contribution in [0.25, 0.3) is 0 Å². The fourth-order valence-corrected chi connectivity index (χ4v) is 2.64. The SMILES string of the molecule is CCCCCC(=O)N[C@@H](CCC(=O)N[C@@H](CS)C(=O)NCC(=O)OC)C(=O)OCC. The van der Waals surface area contributed by atoms with Gasteiger partial charge in [-0.2, -0.15) is 12.6 Å². The van der Waals surface area contributed by atoms with Crippen molar-refractivity contribution in [1.29, 1.82) is 0 Å². The van der Waals surface area contributed by atoms with Crippen LogP contribution in [0.2, 0.25) is 0 Å². The molecule has 0 aliphatic carbocycles. The van der Waals surface area contributed by atoms with Gasteiger partial charge in [0.1, 0.15) is 18.6 Å². The van der Waals surface area contributed by atoms with Crippen LogP contribution in [0.15, 0.2) is 0 Å². The maximum atomic E-state index is 12.2. The Morgan fingerprint density at radius 3 is 2.13 bits per heavy atom. The maximum absolute atomic E-state index is 12.2. The smallest absolute Gasteiger partial charge is 0.328 e. The second-order valence-electron chi connectivity index (χ2n) is 6.46. The first kappa shape index (κ1) is 27.7. The number of carbonyl (C=O) groups excluding carboxylic acids is 5. The molecule has 0 unspecified atom stereocenters. The van der Waals surface area contributed by atoms with Gasteiger partial charge in [-0.3, -0.25) is 19.2 Å². The highest BCUT2D eigenvalue weighted by atomic mass is 32.1. The number of hydrogen-bond donors (Lipinski definition) is 4. The third-order valence-electron chi connectivity index (χ3n) is 4.04. The number of esters is 2. The summed E-state index contributed by atoms with van der Waals surface area (Å²) in [6, 6.07) is -1.91. The van der Waals surface area contributed by atoms with Crippen LogP contribution >= 0.6 is 12.6 Å². The third-order valence-corrected chi connectivity index (χ3v) is 4.41. The molecule has 0 spiro atoms. The molecule has 172 valence electrons. The van der Waals surface area contributed by atoms with Gasteiger partial charge in [0.05, 0.1) is 13.7 Å². The average molecular weight is 448 g/mol. The van der Waals surface area contributed by atoms with Crippen LogP contribution in [0.4, 0.5) is 0 Å². The van der Waals surface area contributed by atoms with E-state index < -0.39 is 35.8 Å². The van der Waals surface area contributed by atoms with Crippen LogP contribution < -0.4 is 16.0 Å². The number of hydrogen-bond acceptors (Lipinski definition) is 8. The Labute approximate surface area is 182 Å². The van der Waals surface area contributed by atoms with Gasteiger partial charge in [0, 0.05) is 18.6 Å². The van der Waals surface area contributed by atoms with Gasteiger partial charge >= 0.3 is 11.9 Å². The molecule has 10 nitrogen and oxygen atoms in total. The fourth-order valence-electron chi connectivity index (χ4n) is 2.38. The summed E-state index contributed by atoms with van der Waals surface area (Å²) in [5, 5.41) is 7.42. The molecule has 0 rings (SSSR count). The van der Waals surface area contributed by atoms with Crippen LogP contribution in [-0.2, 0) is 33.4 Å². The summed E-state index contributed by atoms with van der Waals surface area (Å²) in [7, 11) is 1.19. The summed E-state index contributed by atoms with van der Waals surface area (Å²) in [6.45, 7) is 3.49. The van der Waals surface area contributed by atoms with E-state index in [1.807, 2.05) is 6.92 Å². The molecule has 30 heavy (non-hydrogen) atoms. The van der Waals surface area contributed by atoms with E-state index in [0.717, 1.165) is 12.8 Å².